The molecule has 1 heterocycles. The van der Waals surface area contributed by atoms with Crippen molar-refractivity contribution in [2.24, 2.45) is 0 Å². The Morgan fingerprint density at radius 2 is 1.94 bits per heavy atom. The summed E-state index contributed by atoms with van der Waals surface area (Å²) in [5.74, 6) is 1.18. The lowest BCUT2D eigenvalue weighted by molar-refractivity contribution is 0.867. The van der Waals surface area contributed by atoms with Crippen molar-refractivity contribution in [2.45, 2.75) is 19.8 Å². The van der Waals surface area contributed by atoms with Gasteiger partial charge in [0.15, 0.2) is 5.82 Å². The molecule has 0 spiro atoms. The fourth-order valence-electron chi connectivity index (χ4n) is 1.47. The van der Waals surface area contributed by atoms with Crippen LogP contribution in [0.25, 0.3) is 0 Å². The van der Waals surface area contributed by atoms with Crippen molar-refractivity contribution in [2.75, 3.05) is 5.32 Å². The summed E-state index contributed by atoms with van der Waals surface area (Å²) in [5.41, 5.74) is 2.29. The Kier molecular flexibility index (Phi) is 3.49. The van der Waals surface area contributed by atoms with E-state index in [0.29, 0.717) is 16.5 Å². The highest BCUT2D eigenvalue weighted by molar-refractivity contribution is 7.71. The lowest BCUT2D eigenvalue weighted by Crippen LogP contribution is -1.97. The van der Waals surface area contributed by atoms with Crippen LogP contribution in [0.1, 0.15) is 25.3 Å². The normalized spacial score (nSPS) is 10.5. The summed E-state index contributed by atoms with van der Waals surface area (Å²) in [6.45, 7) is 4.34. The largest absolute Gasteiger partial charge is 0.339 e. The maximum Gasteiger partial charge on any atom is 0.215 e. The van der Waals surface area contributed by atoms with E-state index in [4.69, 9.17) is 12.2 Å². The SMILES string of the molecule is CC(C)c1ccc(Nc2cn[nH]c(=S)n2)cc1. The summed E-state index contributed by atoms with van der Waals surface area (Å²) in [5, 5.41) is 9.62. The number of nitrogens with one attached hydrogen (secondary N) is 2. The smallest absolute Gasteiger partial charge is 0.215 e. The number of nitrogens with zero attached hydrogens (tertiary/aromatic N) is 2. The molecule has 0 saturated carbocycles. The molecule has 0 bridgehead atoms. The molecule has 2 aromatic rings. The Balaban J connectivity index is 2.16. The first-order chi connectivity index (χ1) is 8.15. The second kappa shape index (κ2) is 5.05. The quantitative estimate of drug-likeness (QED) is 0.815. The average molecular weight is 246 g/mol. The van der Waals surface area contributed by atoms with Crippen molar-refractivity contribution in [3.8, 4) is 0 Å². The second-order valence-corrected chi connectivity index (χ2v) is 4.46. The van der Waals surface area contributed by atoms with Crippen LogP contribution in [-0.4, -0.2) is 15.2 Å². The monoisotopic (exact) mass is 246 g/mol. The van der Waals surface area contributed by atoms with Gasteiger partial charge < -0.3 is 5.32 Å². The number of aromatic amines is 1. The summed E-state index contributed by atoms with van der Waals surface area (Å²) >= 11 is 4.90. The molecule has 0 aliphatic carbocycles. The van der Waals surface area contributed by atoms with Crippen molar-refractivity contribution in [1.82, 2.24) is 15.2 Å². The summed E-state index contributed by atoms with van der Waals surface area (Å²) < 4.78 is 0.369. The Labute approximate surface area is 105 Å². The Morgan fingerprint density at radius 1 is 1.24 bits per heavy atom. The van der Waals surface area contributed by atoms with Gasteiger partial charge in [0.1, 0.15) is 0 Å². The zero-order chi connectivity index (χ0) is 12.3. The van der Waals surface area contributed by atoms with Crippen LogP contribution in [0.4, 0.5) is 11.5 Å². The number of benzene rings is 1. The van der Waals surface area contributed by atoms with Gasteiger partial charge in [-0.15, -0.1) is 0 Å². The lowest BCUT2D eigenvalue weighted by atomic mass is 10.0. The Bertz CT molecular complexity index is 545. The van der Waals surface area contributed by atoms with E-state index in [2.05, 4.69) is 46.5 Å². The van der Waals surface area contributed by atoms with Crippen LogP contribution in [0.15, 0.2) is 30.5 Å². The van der Waals surface area contributed by atoms with Gasteiger partial charge >= 0.3 is 0 Å². The molecule has 0 fully saturated rings. The summed E-state index contributed by atoms with van der Waals surface area (Å²) in [4.78, 5) is 4.11. The molecule has 0 amide bonds. The van der Waals surface area contributed by atoms with Gasteiger partial charge in [-0.1, -0.05) is 26.0 Å². The van der Waals surface area contributed by atoms with Crippen LogP contribution in [0.5, 0.6) is 0 Å². The molecule has 0 radical (unpaired) electrons. The fourth-order valence-corrected chi connectivity index (χ4v) is 1.62. The third kappa shape index (κ3) is 3.10. The molecule has 0 aliphatic rings. The molecule has 0 atom stereocenters. The number of hydrogen-bond acceptors (Lipinski definition) is 4. The van der Waals surface area contributed by atoms with E-state index in [1.54, 1.807) is 6.20 Å². The maximum absolute atomic E-state index is 4.90. The number of anilines is 2. The van der Waals surface area contributed by atoms with Gasteiger partial charge in [-0.3, -0.25) is 5.10 Å². The maximum atomic E-state index is 4.90. The van der Waals surface area contributed by atoms with Crippen LogP contribution < -0.4 is 5.32 Å². The van der Waals surface area contributed by atoms with Gasteiger partial charge in [-0.25, -0.2) is 0 Å². The fraction of sp³-hybridized carbons (Fsp3) is 0.250. The number of H-pyrrole nitrogens is 1. The summed E-state index contributed by atoms with van der Waals surface area (Å²) in [6, 6.07) is 8.25. The molecule has 17 heavy (non-hydrogen) atoms. The Hall–Kier alpha value is -1.75. The van der Waals surface area contributed by atoms with Crippen molar-refractivity contribution in [3.63, 3.8) is 0 Å². The molecule has 2 N–H and O–H groups in total. The van der Waals surface area contributed by atoms with Gasteiger partial charge in [0.25, 0.3) is 0 Å². The van der Waals surface area contributed by atoms with E-state index >= 15 is 0 Å². The highest BCUT2D eigenvalue weighted by Gasteiger charge is 2.00. The van der Waals surface area contributed by atoms with E-state index in [1.165, 1.54) is 5.56 Å². The highest BCUT2D eigenvalue weighted by atomic mass is 32.1. The molecule has 0 saturated heterocycles. The zero-order valence-corrected chi connectivity index (χ0v) is 10.6. The predicted octanol–water partition coefficient (Wildman–Crippen LogP) is 3.40. The van der Waals surface area contributed by atoms with Gasteiger partial charge in [-0.05, 0) is 35.8 Å². The molecule has 0 aliphatic heterocycles. The topological polar surface area (TPSA) is 53.6 Å². The molecule has 4 nitrogen and oxygen atoms in total. The van der Waals surface area contributed by atoms with Crippen LogP contribution in [-0.2, 0) is 0 Å². The average Bonchev–Trinajstić information content (AvgIpc) is 2.29. The molecule has 1 aromatic carbocycles. The van der Waals surface area contributed by atoms with Gasteiger partial charge in [0.05, 0.1) is 6.20 Å². The molecule has 2 rings (SSSR count). The van der Waals surface area contributed by atoms with Crippen LogP contribution in [0.3, 0.4) is 0 Å². The minimum Gasteiger partial charge on any atom is -0.339 e. The van der Waals surface area contributed by atoms with Crippen molar-refractivity contribution >= 4 is 23.7 Å². The van der Waals surface area contributed by atoms with Gasteiger partial charge in [-0.2, -0.15) is 10.1 Å². The number of hydrogen-bond donors (Lipinski definition) is 2. The standard InChI is InChI=1S/C12H14N4S/c1-8(2)9-3-5-10(6-4-9)14-11-7-13-16-12(17)15-11/h3-8H,1-2H3,(H2,14,15,16,17). The van der Waals surface area contributed by atoms with E-state index < -0.39 is 0 Å². The predicted molar refractivity (Wildman–Crippen MR) is 71.0 cm³/mol. The summed E-state index contributed by atoms with van der Waals surface area (Å²) in [7, 11) is 0. The second-order valence-electron chi connectivity index (χ2n) is 4.07. The minimum atomic E-state index is 0.369. The van der Waals surface area contributed by atoms with Crippen LogP contribution in [0.2, 0.25) is 0 Å². The number of aromatic nitrogens is 3. The van der Waals surface area contributed by atoms with Crippen LogP contribution in [0, 0.1) is 4.77 Å². The van der Waals surface area contributed by atoms with Crippen molar-refractivity contribution < 1.29 is 0 Å². The highest BCUT2D eigenvalue weighted by Crippen LogP contribution is 2.18. The third-order valence-corrected chi connectivity index (χ3v) is 2.60. The van der Waals surface area contributed by atoms with E-state index in [9.17, 15) is 0 Å². The molecular weight excluding hydrogens is 232 g/mol. The van der Waals surface area contributed by atoms with Crippen molar-refractivity contribution in [3.05, 3.63) is 40.8 Å². The molecule has 5 heteroatoms. The van der Waals surface area contributed by atoms with Crippen LogP contribution >= 0.6 is 12.2 Å². The molecule has 1 aromatic heterocycles. The molecule has 0 unspecified atom stereocenters. The van der Waals surface area contributed by atoms with E-state index in [1.807, 2.05) is 12.1 Å². The van der Waals surface area contributed by atoms with E-state index in [0.717, 1.165) is 5.69 Å². The van der Waals surface area contributed by atoms with Crippen molar-refractivity contribution in [1.29, 1.82) is 0 Å². The molecule has 88 valence electrons. The van der Waals surface area contributed by atoms with Gasteiger partial charge in [0.2, 0.25) is 4.77 Å². The first-order valence-corrected chi connectivity index (χ1v) is 5.84. The zero-order valence-electron chi connectivity index (χ0n) is 9.77. The minimum absolute atomic E-state index is 0.369. The van der Waals surface area contributed by atoms with E-state index in [-0.39, 0.29) is 0 Å². The third-order valence-electron chi connectivity index (χ3n) is 2.42. The molecular formula is C12H14N4S. The first-order valence-electron chi connectivity index (χ1n) is 5.44. The number of rotatable bonds is 3. The van der Waals surface area contributed by atoms with Gasteiger partial charge in [0, 0.05) is 5.69 Å². The summed E-state index contributed by atoms with van der Waals surface area (Å²) in [6.07, 6.45) is 1.60. The first kappa shape index (κ1) is 11.7. The lowest BCUT2D eigenvalue weighted by Gasteiger charge is -2.08. The Morgan fingerprint density at radius 3 is 2.53 bits per heavy atom.